The minimum Gasteiger partial charge on any atom is -0.492 e. The largest absolute Gasteiger partial charge is 0.492 e. The molecule has 210 valence electrons. The van der Waals surface area contributed by atoms with Gasteiger partial charge in [0.2, 0.25) is 0 Å². The summed E-state index contributed by atoms with van der Waals surface area (Å²) in [5.74, 6) is 1.22. The number of carbonyl (C=O) groups excluding carboxylic acids is 1. The number of unbranched alkanes of at least 4 members (excludes halogenated alkanes) is 10. The molecule has 0 saturated heterocycles. The van der Waals surface area contributed by atoms with Gasteiger partial charge in [0, 0.05) is 18.0 Å². The lowest BCUT2D eigenvalue weighted by Crippen LogP contribution is -2.08. The molecular formula is C33H43ClN2O3. The Morgan fingerprint density at radius 3 is 2.03 bits per heavy atom. The van der Waals surface area contributed by atoms with Crippen molar-refractivity contribution in [1.82, 2.24) is 9.97 Å². The summed E-state index contributed by atoms with van der Waals surface area (Å²) in [5, 5.41) is 0.407. The highest BCUT2D eigenvalue weighted by molar-refractivity contribution is 6.32. The summed E-state index contributed by atoms with van der Waals surface area (Å²) in [4.78, 5) is 21.7. The summed E-state index contributed by atoms with van der Waals surface area (Å²) in [6.45, 7) is 5.08. The third kappa shape index (κ3) is 11.0. The van der Waals surface area contributed by atoms with Crippen LogP contribution in [-0.4, -0.2) is 22.5 Å². The second-order valence-corrected chi connectivity index (χ2v) is 10.5. The van der Waals surface area contributed by atoms with Gasteiger partial charge in [0.25, 0.3) is 0 Å². The third-order valence-electron chi connectivity index (χ3n) is 6.77. The van der Waals surface area contributed by atoms with Crippen molar-refractivity contribution in [3.8, 4) is 22.9 Å². The van der Waals surface area contributed by atoms with Crippen LogP contribution in [0.4, 0.5) is 0 Å². The molecule has 0 amide bonds. The minimum atomic E-state index is -0.470. The molecule has 0 radical (unpaired) electrons. The molecule has 0 unspecified atom stereocenters. The molecule has 0 spiro atoms. The highest BCUT2D eigenvalue weighted by Gasteiger charge is 2.13. The van der Waals surface area contributed by atoms with Crippen molar-refractivity contribution in [3.05, 3.63) is 71.0 Å². The number of rotatable bonds is 18. The summed E-state index contributed by atoms with van der Waals surface area (Å²) < 4.78 is 11.4. The fourth-order valence-electron chi connectivity index (χ4n) is 4.39. The standard InChI is InChI=1S/C33H43ClN2O3/c1-3-5-7-9-10-12-14-22-38-31-21-18-28(23-30(31)34)33(37)39-29-19-16-27(17-20-29)32-35-24-26(25-36-32)15-13-11-8-6-4-2/h16-21,23-25H,3-15,22H2,1-2H3. The number of hydrogen-bond donors (Lipinski definition) is 0. The lowest BCUT2D eigenvalue weighted by atomic mass is 10.1. The van der Waals surface area contributed by atoms with Gasteiger partial charge in [0.1, 0.15) is 11.5 Å². The smallest absolute Gasteiger partial charge is 0.343 e. The first-order chi connectivity index (χ1) is 19.1. The van der Waals surface area contributed by atoms with Gasteiger partial charge in [-0.15, -0.1) is 0 Å². The maximum Gasteiger partial charge on any atom is 0.343 e. The van der Waals surface area contributed by atoms with E-state index < -0.39 is 5.97 Å². The number of benzene rings is 2. The van der Waals surface area contributed by atoms with Crippen LogP contribution in [0.5, 0.6) is 11.5 Å². The Balaban J connectivity index is 1.44. The minimum absolute atomic E-state index is 0.376. The first kappa shape index (κ1) is 30.6. The molecule has 0 saturated carbocycles. The van der Waals surface area contributed by atoms with Crippen LogP contribution in [0.3, 0.4) is 0 Å². The van der Waals surface area contributed by atoms with Gasteiger partial charge in [-0.2, -0.15) is 0 Å². The zero-order chi connectivity index (χ0) is 27.7. The molecule has 6 heteroatoms. The Morgan fingerprint density at radius 1 is 0.769 bits per heavy atom. The van der Waals surface area contributed by atoms with E-state index in [-0.39, 0.29) is 0 Å². The van der Waals surface area contributed by atoms with E-state index in [0.29, 0.717) is 34.5 Å². The number of esters is 1. The first-order valence-corrected chi connectivity index (χ1v) is 15.0. The summed E-state index contributed by atoms with van der Waals surface area (Å²) in [5.41, 5.74) is 2.41. The number of ether oxygens (including phenoxy) is 2. The van der Waals surface area contributed by atoms with Crippen LogP contribution in [0.2, 0.25) is 5.02 Å². The molecular weight excluding hydrogens is 508 g/mol. The van der Waals surface area contributed by atoms with Crippen LogP contribution >= 0.6 is 11.6 Å². The summed E-state index contributed by atoms with van der Waals surface area (Å²) in [6, 6.07) is 12.2. The summed E-state index contributed by atoms with van der Waals surface area (Å²) in [7, 11) is 0. The Labute approximate surface area is 239 Å². The molecule has 0 bridgehead atoms. The fourth-order valence-corrected chi connectivity index (χ4v) is 4.62. The lowest BCUT2D eigenvalue weighted by molar-refractivity contribution is 0.0734. The van der Waals surface area contributed by atoms with Gasteiger partial charge in [-0.1, -0.05) is 89.7 Å². The second-order valence-electron chi connectivity index (χ2n) is 10.1. The van der Waals surface area contributed by atoms with Crippen molar-refractivity contribution in [2.24, 2.45) is 0 Å². The highest BCUT2D eigenvalue weighted by Crippen LogP contribution is 2.27. The normalized spacial score (nSPS) is 10.9. The Morgan fingerprint density at radius 2 is 1.38 bits per heavy atom. The van der Waals surface area contributed by atoms with Crippen molar-refractivity contribution in [3.63, 3.8) is 0 Å². The van der Waals surface area contributed by atoms with E-state index in [0.717, 1.165) is 30.4 Å². The van der Waals surface area contributed by atoms with Crippen molar-refractivity contribution in [1.29, 1.82) is 0 Å². The van der Waals surface area contributed by atoms with Gasteiger partial charge >= 0.3 is 5.97 Å². The van der Waals surface area contributed by atoms with Crippen molar-refractivity contribution in [2.75, 3.05) is 6.61 Å². The number of carbonyl (C=O) groups is 1. The average molecular weight is 551 g/mol. The van der Waals surface area contributed by atoms with Crippen LogP contribution < -0.4 is 9.47 Å². The van der Waals surface area contributed by atoms with Crippen molar-refractivity contribution >= 4 is 17.6 Å². The molecule has 0 aliphatic rings. The third-order valence-corrected chi connectivity index (χ3v) is 7.07. The summed E-state index contributed by atoms with van der Waals surface area (Å²) >= 11 is 6.37. The van der Waals surface area contributed by atoms with E-state index in [9.17, 15) is 4.79 Å². The van der Waals surface area contributed by atoms with E-state index in [1.807, 2.05) is 24.5 Å². The van der Waals surface area contributed by atoms with E-state index in [1.165, 1.54) is 64.2 Å². The molecule has 3 aromatic rings. The molecule has 1 heterocycles. The Hall–Kier alpha value is -2.92. The SMILES string of the molecule is CCCCCCCCCOc1ccc(C(=O)Oc2ccc(-c3ncc(CCCCCCC)cn3)cc2)cc1Cl. The molecule has 0 fully saturated rings. The van der Waals surface area contributed by atoms with E-state index in [2.05, 4.69) is 23.8 Å². The number of aromatic nitrogens is 2. The van der Waals surface area contributed by atoms with E-state index in [1.54, 1.807) is 30.3 Å². The topological polar surface area (TPSA) is 61.3 Å². The molecule has 0 N–H and O–H groups in total. The number of nitrogens with zero attached hydrogens (tertiary/aromatic N) is 2. The molecule has 1 aromatic heterocycles. The van der Waals surface area contributed by atoms with Gasteiger partial charge in [0.05, 0.1) is 17.2 Å². The summed E-state index contributed by atoms with van der Waals surface area (Å²) in [6.07, 6.45) is 19.6. The zero-order valence-corrected chi connectivity index (χ0v) is 24.3. The maximum atomic E-state index is 12.7. The zero-order valence-electron chi connectivity index (χ0n) is 23.6. The predicted octanol–water partition coefficient (Wildman–Crippen LogP) is 9.66. The highest BCUT2D eigenvalue weighted by atomic mass is 35.5. The van der Waals surface area contributed by atoms with Gasteiger partial charge in [-0.25, -0.2) is 14.8 Å². The second kappa shape index (κ2) is 17.6. The molecule has 0 atom stereocenters. The Kier molecular flexibility index (Phi) is 13.8. The monoisotopic (exact) mass is 550 g/mol. The predicted molar refractivity (Wildman–Crippen MR) is 160 cm³/mol. The van der Waals surface area contributed by atoms with Gasteiger partial charge in [-0.05, 0) is 67.3 Å². The van der Waals surface area contributed by atoms with E-state index >= 15 is 0 Å². The number of halogens is 1. The van der Waals surface area contributed by atoms with Crippen LogP contribution in [0.15, 0.2) is 54.9 Å². The van der Waals surface area contributed by atoms with Gasteiger partial charge < -0.3 is 9.47 Å². The first-order valence-electron chi connectivity index (χ1n) is 14.7. The molecule has 3 rings (SSSR count). The van der Waals surface area contributed by atoms with Crippen LogP contribution in [0.1, 0.15) is 107 Å². The average Bonchev–Trinajstić information content (AvgIpc) is 2.96. The molecule has 0 aliphatic heterocycles. The lowest BCUT2D eigenvalue weighted by Gasteiger charge is -2.10. The van der Waals surface area contributed by atoms with Crippen molar-refractivity contribution in [2.45, 2.75) is 97.3 Å². The molecule has 39 heavy (non-hydrogen) atoms. The van der Waals surface area contributed by atoms with Gasteiger partial charge in [0.15, 0.2) is 5.82 Å². The van der Waals surface area contributed by atoms with Crippen LogP contribution in [0.25, 0.3) is 11.4 Å². The number of aryl methyl sites for hydroxylation is 1. The fraction of sp³-hybridized carbons (Fsp3) is 0.485. The van der Waals surface area contributed by atoms with Crippen LogP contribution in [-0.2, 0) is 6.42 Å². The number of hydrogen-bond acceptors (Lipinski definition) is 5. The maximum absolute atomic E-state index is 12.7. The van der Waals surface area contributed by atoms with Crippen molar-refractivity contribution < 1.29 is 14.3 Å². The molecule has 2 aromatic carbocycles. The molecule has 0 aliphatic carbocycles. The Bertz CT molecular complexity index is 1120. The van der Waals surface area contributed by atoms with Gasteiger partial charge in [-0.3, -0.25) is 0 Å². The molecule has 5 nitrogen and oxygen atoms in total. The quantitative estimate of drug-likeness (QED) is 0.0895. The van der Waals surface area contributed by atoms with Crippen LogP contribution in [0, 0.1) is 0 Å². The van der Waals surface area contributed by atoms with E-state index in [4.69, 9.17) is 21.1 Å².